The summed E-state index contributed by atoms with van der Waals surface area (Å²) in [4.78, 5) is 20.6. The topological polar surface area (TPSA) is 59.2 Å². The van der Waals surface area contributed by atoms with Gasteiger partial charge in [-0.15, -0.1) is 0 Å². The number of carbonyl (C=O) groups excluding carboxylic acids is 1. The molecular formula is C18H19N3O2S. The van der Waals surface area contributed by atoms with Gasteiger partial charge in [0.1, 0.15) is 11.6 Å². The first-order valence-corrected chi connectivity index (χ1v) is 9.02. The van der Waals surface area contributed by atoms with Crippen molar-refractivity contribution in [1.29, 1.82) is 0 Å². The lowest BCUT2D eigenvalue weighted by Gasteiger charge is -2.33. The van der Waals surface area contributed by atoms with Crippen LogP contribution in [0.4, 0.5) is 0 Å². The Morgan fingerprint density at radius 3 is 2.88 bits per heavy atom. The molecule has 0 aliphatic carbocycles. The average Bonchev–Trinajstić information content (AvgIpc) is 3.17. The van der Waals surface area contributed by atoms with Crippen LogP contribution >= 0.6 is 11.5 Å². The van der Waals surface area contributed by atoms with E-state index < -0.39 is 0 Å². The number of hydrogen-bond acceptors (Lipinski definition) is 5. The highest BCUT2D eigenvalue weighted by Gasteiger charge is 2.34. The molecule has 0 spiro atoms. The molecule has 1 aliphatic rings. The number of aryl methyl sites for hydroxylation is 2. The second-order valence-corrected chi connectivity index (χ2v) is 7.21. The van der Waals surface area contributed by atoms with Crippen molar-refractivity contribution >= 4 is 28.5 Å². The number of benzene rings is 1. The summed E-state index contributed by atoms with van der Waals surface area (Å²) in [6, 6.07) is 7.64. The molecule has 4 rings (SSSR count). The fraction of sp³-hybridized carbons (Fsp3) is 0.389. The molecule has 3 aromatic rings. The molecule has 1 fully saturated rings. The van der Waals surface area contributed by atoms with Crippen LogP contribution in [0.25, 0.3) is 11.1 Å². The smallest absolute Gasteiger partial charge is 0.257 e. The minimum atomic E-state index is -0.0997. The lowest BCUT2D eigenvalue weighted by Crippen LogP contribution is -2.39. The highest BCUT2D eigenvalue weighted by atomic mass is 32.1. The van der Waals surface area contributed by atoms with Crippen LogP contribution in [0, 0.1) is 13.8 Å². The van der Waals surface area contributed by atoms with Gasteiger partial charge in [-0.1, -0.05) is 12.1 Å². The minimum absolute atomic E-state index is 0.0470. The Kier molecular flexibility index (Phi) is 3.84. The number of aromatic nitrogens is 2. The number of amides is 1. The lowest BCUT2D eigenvalue weighted by molar-refractivity contribution is 0.0573. The van der Waals surface area contributed by atoms with Gasteiger partial charge >= 0.3 is 0 Å². The molecule has 1 aliphatic heterocycles. The van der Waals surface area contributed by atoms with Gasteiger partial charge in [-0.25, -0.2) is 4.98 Å². The van der Waals surface area contributed by atoms with E-state index in [2.05, 4.69) is 9.36 Å². The fourth-order valence-electron chi connectivity index (χ4n) is 3.40. The van der Waals surface area contributed by atoms with Crippen molar-refractivity contribution in [3.8, 4) is 0 Å². The van der Waals surface area contributed by atoms with E-state index in [-0.39, 0.29) is 11.9 Å². The minimum Gasteiger partial charge on any atom is -0.438 e. The van der Waals surface area contributed by atoms with Gasteiger partial charge in [-0.05, 0) is 56.8 Å². The maximum atomic E-state index is 13.1. The van der Waals surface area contributed by atoms with Crippen LogP contribution in [0.5, 0.6) is 0 Å². The molecule has 1 aromatic carbocycles. The van der Waals surface area contributed by atoms with Gasteiger partial charge < -0.3 is 9.32 Å². The van der Waals surface area contributed by atoms with Crippen molar-refractivity contribution in [3.63, 3.8) is 0 Å². The molecule has 1 amide bonds. The van der Waals surface area contributed by atoms with E-state index >= 15 is 0 Å². The zero-order valence-corrected chi connectivity index (χ0v) is 14.6. The standard InChI is InChI=1S/C18H19N3O2S/c1-11-16(12(2)24-20-11)18(22)21-10-6-5-8-14(21)17-19-13-7-3-4-9-15(13)23-17/h3-4,7,9,14H,5-6,8,10H2,1-2H3. The predicted octanol–water partition coefficient (Wildman–Crippen LogP) is 4.27. The third kappa shape index (κ3) is 2.51. The first kappa shape index (κ1) is 15.3. The number of likely N-dealkylation sites (tertiary alicyclic amines) is 1. The van der Waals surface area contributed by atoms with Crippen LogP contribution in [-0.2, 0) is 0 Å². The summed E-state index contributed by atoms with van der Waals surface area (Å²) >= 11 is 1.39. The highest BCUT2D eigenvalue weighted by Crippen LogP contribution is 2.34. The van der Waals surface area contributed by atoms with Crippen molar-refractivity contribution in [1.82, 2.24) is 14.3 Å². The lowest BCUT2D eigenvalue weighted by atomic mass is 10.0. The number of carbonyl (C=O) groups is 1. The first-order valence-electron chi connectivity index (χ1n) is 8.24. The van der Waals surface area contributed by atoms with Crippen LogP contribution < -0.4 is 0 Å². The molecule has 24 heavy (non-hydrogen) atoms. The largest absolute Gasteiger partial charge is 0.438 e. The number of para-hydroxylation sites is 2. The number of nitrogens with zero attached hydrogens (tertiary/aromatic N) is 3. The molecule has 0 saturated carbocycles. The summed E-state index contributed by atoms with van der Waals surface area (Å²) < 4.78 is 10.3. The molecule has 1 atom stereocenters. The monoisotopic (exact) mass is 341 g/mol. The van der Waals surface area contributed by atoms with Gasteiger partial charge in [0.25, 0.3) is 5.91 Å². The van der Waals surface area contributed by atoms with Crippen molar-refractivity contribution in [3.05, 3.63) is 46.3 Å². The van der Waals surface area contributed by atoms with E-state index in [9.17, 15) is 4.79 Å². The Hall–Kier alpha value is -2.21. The third-order valence-corrected chi connectivity index (χ3v) is 5.45. The molecule has 0 radical (unpaired) electrons. The second-order valence-electron chi connectivity index (χ2n) is 6.23. The molecule has 5 nitrogen and oxygen atoms in total. The van der Waals surface area contributed by atoms with E-state index in [1.165, 1.54) is 11.5 Å². The van der Waals surface area contributed by atoms with Crippen molar-refractivity contribution in [2.75, 3.05) is 6.54 Å². The quantitative estimate of drug-likeness (QED) is 0.698. The fourth-order valence-corrected chi connectivity index (χ4v) is 4.09. The van der Waals surface area contributed by atoms with Crippen molar-refractivity contribution < 1.29 is 9.21 Å². The molecule has 1 unspecified atom stereocenters. The Bertz CT molecular complexity index is 846. The predicted molar refractivity (Wildman–Crippen MR) is 93.2 cm³/mol. The second kappa shape index (κ2) is 6.02. The van der Waals surface area contributed by atoms with Crippen LogP contribution in [0.3, 0.4) is 0 Å². The number of piperidine rings is 1. The summed E-state index contributed by atoms with van der Waals surface area (Å²) in [6.07, 6.45) is 2.97. The Labute approximate surface area is 144 Å². The van der Waals surface area contributed by atoms with Gasteiger partial charge in [0.15, 0.2) is 5.58 Å². The van der Waals surface area contributed by atoms with E-state index in [1.807, 2.05) is 43.0 Å². The van der Waals surface area contributed by atoms with Gasteiger partial charge in [-0.3, -0.25) is 4.79 Å². The van der Waals surface area contributed by atoms with E-state index in [0.29, 0.717) is 5.89 Å². The number of rotatable bonds is 2. The van der Waals surface area contributed by atoms with Gasteiger partial charge in [0, 0.05) is 11.4 Å². The number of hydrogen-bond donors (Lipinski definition) is 0. The van der Waals surface area contributed by atoms with Crippen molar-refractivity contribution in [2.45, 2.75) is 39.2 Å². The normalized spacial score (nSPS) is 18.2. The van der Waals surface area contributed by atoms with Crippen LogP contribution in [-0.4, -0.2) is 26.7 Å². The molecule has 1 saturated heterocycles. The first-order chi connectivity index (χ1) is 11.6. The Balaban J connectivity index is 1.71. The summed E-state index contributed by atoms with van der Waals surface area (Å²) in [6.45, 7) is 4.59. The van der Waals surface area contributed by atoms with Crippen LogP contribution in [0.1, 0.15) is 52.1 Å². The SMILES string of the molecule is Cc1nsc(C)c1C(=O)N1CCCCC1c1nc2ccccc2o1. The highest BCUT2D eigenvalue weighted by molar-refractivity contribution is 7.06. The zero-order chi connectivity index (χ0) is 16.7. The summed E-state index contributed by atoms with van der Waals surface area (Å²) in [5, 5.41) is 0. The maximum Gasteiger partial charge on any atom is 0.257 e. The van der Waals surface area contributed by atoms with Gasteiger partial charge in [0.05, 0.1) is 11.3 Å². The molecule has 0 N–H and O–H groups in total. The van der Waals surface area contributed by atoms with Crippen LogP contribution in [0.15, 0.2) is 28.7 Å². The molecule has 0 bridgehead atoms. The van der Waals surface area contributed by atoms with Crippen molar-refractivity contribution in [2.24, 2.45) is 0 Å². The maximum absolute atomic E-state index is 13.1. The van der Waals surface area contributed by atoms with Gasteiger partial charge in [-0.2, -0.15) is 4.37 Å². The van der Waals surface area contributed by atoms with Crippen LogP contribution in [0.2, 0.25) is 0 Å². The molecule has 6 heteroatoms. The Morgan fingerprint density at radius 2 is 2.12 bits per heavy atom. The molecule has 124 valence electrons. The Morgan fingerprint density at radius 1 is 1.29 bits per heavy atom. The summed E-state index contributed by atoms with van der Waals surface area (Å²) in [5.74, 6) is 0.688. The number of fused-ring (bicyclic) bond motifs is 1. The van der Waals surface area contributed by atoms with Gasteiger partial charge in [0.2, 0.25) is 5.89 Å². The summed E-state index contributed by atoms with van der Waals surface area (Å²) in [5.41, 5.74) is 3.16. The third-order valence-electron chi connectivity index (χ3n) is 4.61. The molecule has 3 heterocycles. The van der Waals surface area contributed by atoms with E-state index in [0.717, 1.165) is 53.0 Å². The average molecular weight is 341 g/mol. The van der Waals surface area contributed by atoms with E-state index in [4.69, 9.17) is 4.42 Å². The summed E-state index contributed by atoms with van der Waals surface area (Å²) in [7, 11) is 0. The van der Waals surface area contributed by atoms with E-state index in [1.54, 1.807) is 0 Å². The molecular weight excluding hydrogens is 322 g/mol. The zero-order valence-electron chi connectivity index (χ0n) is 13.8. The number of oxazole rings is 1. The molecule has 2 aromatic heterocycles.